The van der Waals surface area contributed by atoms with Crippen LogP contribution in [0.4, 0.5) is 4.79 Å². The van der Waals surface area contributed by atoms with Crippen LogP contribution in [-0.4, -0.2) is 71.8 Å². The third-order valence-electron chi connectivity index (χ3n) is 11.4. The number of aliphatic hydroxyl groups excluding tert-OH is 1. The minimum absolute atomic E-state index is 0.116. The molecule has 5 rings (SSSR count). The number of alkyl carbamates (subject to hydrolysis) is 1. The van der Waals surface area contributed by atoms with Crippen LogP contribution >= 0.6 is 0 Å². The molecular formula is C29H44N2O6. The monoisotopic (exact) mass is 516 g/mol. The highest BCUT2D eigenvalue weighted by Crippen LogP contribution is 2.67. The Morgan fingerprint density at radius 1 is 1.22 bits per heavy atom. The average molecular weight is 517 g/mol. The lowest BCUT2D eigenvalue weighted by Gasteiger charge is -2.61. The third kappa shape index (κ3) is 4.09. The molecule has 4 unspecified atom stereocenters. The highest BCUT2D eigenvalue weighted by atomic mass is 16.6. The molecule has 3 aliphatic carbocycles. The van der Waals surface area contributed by atoms with Crippen LogP contribution in [0.15, 0.2) is 12.7 Å². The smallest absolute Gasteiger partial charge is 0.414 e. The fraction of sp³-hybridized carbons (Fsp3) is 0.828. The molecule has 2 heterocycles. The van der Waals surface area contributed by atoms with Crippen molar-refractivity contribution in [1.82, 2.24) is 10.2 Å². The summed E-state index contributed by atoms with van der Waals surface area (Å²) >= 11 is 0. The number of aliphatic hydroxyl groups is 1. The van der Waals surface area contributed by atoms with Crippen molar-refractivity contribution in [1.29, 1.82) is 0 Å². The van der Waals surface area contributed by atoms with Crippen molar-refractivity contribution < 1.29 is 29.0 Å². The van der Waals surface area contributed by atoms with Crippen molar-refractivity contribution in [2.24, 2.45) is 40.4 Å². The molecule has 2 amide bonds. The number of nitrogens with one attached hydrogen (secondary N) is 1. The summed E-state index contributed by atoms with van der Waals surface area (Å²) in [6.45, 7) is 14.8. The topological polar surface area (TPSA) is 105 Å². The molecule has 206 valence electrons. The number of ketones is 1. The number of nitrogens with zero attached hydrogens (tertiary/aromatic N) is 1. The molecule has 0 radical (unpaired) electrons. The lowest BCUT2D eigenvalue weighted by Crippen LogP contribution is -2.65. The maximum absolute atomic E-state index is 13.5. The molecule has 0 spiro atoms. The van der Waals surface area contributed by atoms with Crippen LogP contribution in [0.2, 0.25) is 0 Å². The van der Waals surface area contributed by atoms with Gasteiger partial charge in [0.1, 0.15) is 11.9 Å². The zero-order chi connectivity index (χ0) is 26.8. The van der Waals surface area contributed by atoms with Crippen LogP contribution in [0.25, 0.3) is 0 Å². The highest BCUT2D eigenvalue weighted by Gasteiger charge is 2.68. The number of Topliss-reactive ketones (excluding diaryl/α,β-unsaturated/α-hetero) is 1. The van der Waals surface area contributed by atoms with Crippen LogP contribution in [-0.2, 0) is 19.1 Å². The summed E-state index contributed by atoms with van der Waals surface area (Å²) < 4.78 is 12.4. The number of fused-ring (bicyclic) bond motifs is 2. The van der Waals surface area contributed by atoms with Gasteiger partial charge in [-0.05, 0) is 62.3 Å². The van der Waals surface area contributed by atoms with E-state index in [2.05, 4.69) is 37.6 Å². The van der Waals surface area contributed by atoms with Gasteiger partial charge in [0.05, 0.1) is 24.2 Å². The first-order valence-electron chi connectivity index (χ1n) is 14.2. The van der Waals surface area contributed by atoms with E-state index in [4.69, 9.17) is 9.47 Å². The second-order valence-electron chi connectivity index (χ2n) is 13.1. The number of rotatable bonds is 5. The minimum atomic E-state index is -1.01. The Labute approximate surface area is 220 Å². The van der Waals surface area contributed by atoms with E-state index in [-0.39, 0.29) is 59.7 Å². The molecule has 37 heavy (non-hydrogen) atoms. The first-order valence-corrected chi connectivity index (χ1v) is 14.2. The maximum atomic E-state index is 13.5. The molecule has 4 bridgehead atoms. The molecule has 0 aromatic carbocycles. The Hall–Kier alpha value is -1.77. The maximum Gasteiger partial charge on any atom is 0.414 e. The summed E-state index contributed by atoms with van der Waals surface area (Å²) in [7, 11) is 0. The standard InChI is InChI=1S/C29H44N2O6/c1-6-13-36-27(4)14-22(37-26(35)30-25(34)20-16-31-12-9-19(20)15-31)28(5)17(2)7-10-29(18(3)24(27)33)11-8-21(32)23(28)29/h6,17-20,22-24,33H,1,7-16H2,2-5H3,(H,30,34,35)/t17-,18+,19?,20+,22-,23?,24+,27-,28+,29?/m1/s1. The van der Waals surface area contributed by atoms with Crippen molar-refractivity contribution in [3.8, 4) is 0 Å². The van der Waals surface area contributed by atoms with Gasteiger partial charge < -0.3 is 19.5 Å². The quantitative estimate of drug-likeness (QED) is 0.540. The van der Waals surface area contributed by atoms with E-state index in [1.54, 1.807) is 6.08 Å². The predicted octanol–water partition coefficient (Wildman–Crippen LogP) is 3.32. The third-order valence-corrected chi connectivity index (χ3v) is 11.4. The van der Waals surface area contributed by atoms with Crippen LogP contribution < -0.4 is 5.32 Å². The number of imide groups is 1. The summed E-state index contributed by atoms with van der Waals surface area (Å²) in [5, 5.41) is 14.3. The van der Waals surface area contributed by atoms with Gasteiger partial charge in [0.25, 0.3) is 0 Å². The van der Waals surface area contributed by atoms with Gasteiger partial charge in [-0.15, -0.1) is 6.58 Å². The van der Waals surface area contributed by atoms with Crippen LogP contribution in [0, 0.1) is 40.4 Å². The van der Waals surface area contributed by atoms with Gasteiger partial charge in [0, 0.05) is 37.3 Å². The Morgan fingerprint density at radius 2 is 1.97 bits per heavy atom. The molecule has 2 N–H and O–H groups in total. The lowest BCUT2D eigenvalue weighted by atomic mass is 9.45. The van der Waals surface area contributed by atoms with Crippen molar-refractivity contribution in [2.45, 2.75) is 84.0 Å². The van der Waals surface area contributed by atoms with E-state index in [0.29, 0.717) is 13.0 Å². The number of amides is 2. The summed E-state index contributed by atoms with van der Waals surface area (Å²) in [6.07, 6.45) is 3.49. The number of hydrogen-bond acceptors (Lipinski definition) is 7. The molecule has 11 atom stereocenters. The van der Waals surface area contributed by atoms with Gasteiger partial charge in [-0.3, -0.25) is 14.9 Å². The zero-order valence-electron chi connectivity index (χ0n) is 22.8. The number of carbonyl (C=O) groups is 3. The molecule has 2 aliphatic heterocycles. The van der Waals surface area contributed by atoms with Crippen LogP contribution in [0.1, 0.15) is 66.2 Å². The Kier molecular flexibility index (Phi) is 6.85. The molecule has 0 aromatic rings. The van der Waals surface area contributed by atoms with Gasteiger partial charge >= 0.3 is 6.09 Å². The van der Waals surface area contributed by atoms with E-state index in [9.17, 15) is 19.5 Å². The first-order chi connectivity index (χ1) is 17.5. The Morgan fingerprint density at radius 3 is 2.62 bits per heavy atom. The Balaban J connectivity index is 1.47. The van der Waals surface area contributed by atoms with Gasteiger partial charge in [0.2, 0.25) is 5.91 Å². The SMILES string of the molecule is C=CCO[C@]1(C)C[C@@H](OC(=O)NC(=O)[C@H]2CN3CCC2C3)[C@@]2(C)C3C(=O)CCC3(CC[C@H]2C)[C@@H](C)[C@@H]1O. The normalized spacial score (nSPS) is 48.6. The van der Waals surface area contributed by atoms with Gasteiger partial charge in [-0.1, -0.05) is 26.8 Å². The van der Waals surface area contributed by atoms with Crippen molar-refractivity contribution in [2.75, 3.05) is 26.2 Å². The Bertz CT molecular complexity index is 970. The van der Waals surface area contributed by atoms with Crippen molar-refractivity contribution >= 4 is 17.8 Å². The molecule has 8 nitrogen and oxygen atoms in total. The first kappa shape index (κ1) is 26.8. The van der Waals surface area contributed by atoms with E-state index >= 15 is 0 Å². The zero-order valence-corrected chi connectivity index (χ0v) is 22.8. The largest absolute Gasteiger partial charge is 0.445 e. The van der Waals surface area contributed by atoms with Crippen LogP contribution in [0.5, 0.6) is 0 Å². The molecule has 8 heteroatoms. The van der Waals surface area contributed by atoms with E-state index in [0.717, 1.165) is 38.8 Å². The molecule has 5 aliphatic rings. The van der Waals surface area contributed by atoms with Crippen molar-refractivity contribution in [3.63, 3.8) is 0 Å². The number of hydrogen-bond donors (Lipinski definition) is 2. The average Bonchev–Trinajstić information content (AvgIpc) is 3.59. The fourth-order valence-corrected chi connectivity index (χ4v) is 9.05. The summed E-state index contributed by atoms with van der Waals surface area (Å²) in [6, 6.07) is 0. The van der Waals surface area contributed by atoms with E-state index < -0.39 is 29.3 Å². The summed E-state index contributed by atoms with van der Waals surface area (Å²) in [5.74, 6) is -0.352. The second-order valence-corrected chi connectivity index (χ2v) is 13.1. The molecule has 2 saturated heterocycles. The molecule has 0 aromatic heterocycles. The highest BCUT2D eigenvalue weighted by molar-refractivity contribution is 5.93. The molecule has 5 fully saturated rings. The van der Waals surface area contributed by atoms with Gasteiger partial charge in [-0.2, -0.15) is 0 Å². The number of ether oxygens (including phenoxy) is 2. The number of piperidine rings is 1. The van der Waals surface area contributed by atoms with Gasteiger partial charge in [-0.25, -0.2) is 4.79 Å². The second kappa shape index (κ2) is 9.45. The predicted molar refractivity (Wildman–Crippen MR) is 137 cm³/mol. The van der Waals surface area contributed by atoms with Gasteiger partial charge in [0.15, 0.2) is 0 Å². The molecule has 3 saturated carbocycles. The number of carbonyl (C=O) groups excluding carboxylic acids is 3. The summed E-state index contributed by atoms with van der Waals surface area (Å²) in [5.41, 5.74) is -2.03. The lowest BCUT2D eigenvalue weighted by molar-refractivity contribution is -0.225. The summed E-state index contributed by atoms with van der Waals surface area (Å²) in [4.78, 5) is 42.1. The fourth-order valence-electron chi connectivity index (χ4n) is 9.05. The van der Waals surface area contributed by atoms with Crippen molar-refractivity contribution in [3.05, 3.63) is 12.7 Å². The van der Waals surface area contributed by atoms with E-state index in [1.165, 1.54) is 0 Å². The van der Waals surface area contributed by atoms with E-state index in [1.807, 2.05) is 6.92 Å². The molecular weight excluding hydrogens is 472 g/mol. The van der Waals surface area contributed by atoms with Crippen LogP contribution in [0.3, 0.4) is 0 Å². The minimum Gasteiger partial charge on any atom is -0.445 e.